The summed E-state index contributed by atoms with van der Waals surface area (Å²) in [4.78, 5) is 27.0. The Bertz CT molecular complexity index is 596. The third-order valence-corrected chi connectivity index (χ3v) is 4.07. The average Bonchev–Trinajstić information content (AvgIpc) is 3.13. The van der Waals surface area contributed by atoms with E-state index in [2.05, 4.69) is 25.3 Å². The van der Waals surface area contributed by atoms with Crippen molar-refractivity contribution in [3.63, 3.8) is 0 Å². The van der Waals surface area contributed by atoms with E-state index in [1.807, 2.05) is 0 Å². The number of rotatable bonds is 5. The Labute approximate surface area is 119 Å². The zero-order valence-corrected chi connectivity index (χ0v) is 11.7. The number of amides is 1. The number of fused-ring (bicyclic) bond motifs is 1. The average molecular weight is 293 g/mol. The maximum atomic E-state index is 11.8. The second-order valence-corrected chi connectivity index (χ2v) is 5.47. The molecule has 2 aromatic rings. The van der Waals surface area contributed by atoms with Gasteiger partial charge in [-0.1, -0.05) is 11.8 Å². The third-order valence-electron chi connectivity index (χ3n) is 3.08. The summed E-state index contributed by atoms with van der Waals surface area (Å²) in [5.74, 6) is 0.300. The highest BCUT2D eigenvalue weighted by molar-refractivity contribution is 8.00. The van der Waals surface area contributed by atoms with Crippen LogP contribution in [0.25, 0.3) is 11.2 Å². The monoisotopic (exact) mass is 293 g/mol. The Morgan fingerprint density at radius 1 is 1.50 bits per heavy atom. The van der Waals surface area contributed by atoms with Gasteiger partial charge in [0.15, 0.2) is 5.65 Å². The van der Waals surface area contributed by atoms with Crippen molar-refractivity contribution in [2.45, 2.75) is 24.0 Å². The molecule has 1 fully saturated rings. The molecular formula is C12H15N5O2S. The van der Waals surface area contributed by atoms with Crippen molar-refractivity contribution >= 4 is 28.8 Å². The molecule has 3 rings (SSSR count). The number of ether oxygens (including phenoxy) is 1. The first kappa shape index (κ1) is 13.3. The highest BCUT2D eigenvalue weighted by Crippen LogP contribution is 2.21. The first-order chi connectivity index (χ1) is 9.83. The first-order valence-corrected chi connectivity index (χ1v) is 7.46. The molecule has 1 amide bonds. The van der Waals surface area contributed by atoms with Crippen LogP contribution in [-0.2, 0) is 9.53 Å². The summed E-state index contributed by atoms with van der Waals surface area (Å²) < 4.78 is 5.46. The molecule has 0 radical (unpaired) electrons. The molecule has 0 bridgehead atoms. The maximum Gasteiger partial charge on any atom is 0.230 e. The van der Waals surface area contributed by atoms with Crippen LogP contribution in [0.4, 0.5) is 0 Å². The fourth-order valence-electron chi connectivity index (χ4n) is 2.07. The molecule has 8 heteroatoms. The van der Waals surface area contributed by atoms with Crippen LogP contribution in [0.2, 0.25) is 0 Å². The molecule has 0 spiro atoms. The molecule has 7 nitrogen and oxygen atoms in total. The summed E-state index contributed by atoms with van der Waals surface area (Å²) in [5.41, 5.74) is 1.38. The summed E-state index contributed by atoms with van der Waals surface area (Å²) in [6, 6.07) is 0. The molecule has 1 saturated heterocycles. The van der Waals surface area contributed by atoms with Gasteiger partial charge in [-0.3, -0.25) is 4.79 Å². The number of thioether (sulfide) groups is 1. The van der Waals surface area contributed by atoms with Crippen LogP contribution in [0.3, 0.4) is 0 Å². The lowest BCUT2D eigenvalue weighted by molar-refractivity contribution is -0.119. The lowest BCUT2D eigenvalue weighted by Gasteiger charge is -2.10. The molecule has 0 unspecified atom stereocenters. The molecule has 1 aliphatic heterocycles. The van der Waals surface area contributed by atoms with Crippen LogP contribution in [0.1, 0.15) is 12.8 Å². The van der Waals surface area contributed by atoms with Gasteiger partial charge in [-0.2, -0.15) is 0 Å². The summed E-state index contributed by atoms with van der Waals surface area (Å²) in [6.07, 6.45) is 5.29. The zero-order valence-electron chi connectivity index (χ0n) is 10.8. The quantitative estimate of drug-likeness (QED) is 0.624. The van der Waals surface area contributed by atoms with Crippen molar-refractivity contribution in [3.8, 4) is 0 Å². The van der Waals surface area contributed by atoms with Gasteiger partial charge in [0.2, 0.25) is 5.91 Å². The highest BCUT2D eigenvalue weighted by atomic mass is 32.2. The molecule has 3 heterocycles. The van der Waals surface area contributed by atoms with Crippen molar-refractivity contribution in [2.75, 3.05) is 18.9 Å². The van der Waals surface area contributed by atoms with E-state index in [1.165, 1.54) is 18.1 Å². The van der Waals surface area contributed by atoms with Crippen LogP contribution in [0.15, 0.2) is 17.7 Å². The topological polar surface area (TPSA) is 92.8 Å². The first-order valence-electron chi connectivity index (χ1n) is 6.48. The van der Waals surface area contributed by atoms with Gasteiger partial charge in [0.25, 0.3) is 0 Å². The number of hydrogen-bond donors (Lipinski definition) is 2. The zero-order chi connectivity index (χ0) is 13.8. The smallest absolute Gasteiger partial charge is 0.230 e. The van der Waals surface area contributed by atoms with Gasteiger partial charge in [-0.05, 0) is 12.8 Å². The van der Waals surface area contributed by atoms with E-state index in [1.54, 1.807) is 6.33 Å². The second kappa shape index (κ2) is 6.19. The van der Waals surface area contributed by atoms with Crippen molar-refractivity contribution in [3.05, 3.63) is 12.7 Å². The van der Waals surface area contributed by atoms with E-state index in [-0.39, 0.29) is 12.0 Å². The van der Waals surface area contributed by atoms with Crippen LogP contribution in [0.5, 0.6) is 0 Å². The summed E-state index contributed by atoms with van der Waals surface area (Å²) >= 11 is 1.37. The van der Waals surface area contributed by atoms with Crippen molar-refractivity contribution in [1.82, 2.24) is 25.3 Å². The fraction of sp³-hybridized carbons (Fsp3) is 0.500. The molecule has 20 heavy (non-hydrogen) atoms. The molecule has 106 valence electrons. The number of carbonyl (C=O) groups is 1. The molecule has 1 atom stereocenters. The van der Waals surface area contributed by atoms with E-state index in [0.29, 0.717) is 17.9 Å². The lowest BCUT2D eigenvalue weighted by Crippen LogP contribution is -2.32. The lowest BCUT2D eigenvalue weighted by atomic mass is 10.2. The Hall–Kier alpha value is -1.67. The molecule has 0 aromatic carbocycles. The number of nitrogens with zero attached hydrogens (tertiary/aromatic N) is 3. The highest BCUT2D eigenvalue weighted by Gasteiger charge is 2.16. The summed E-state index contributed by atoms with van der Waals surface area (Å²) in [6.45, 7) is 1.39. The van der Waals surface area contributed by atoms with E-state index >= 15 is 0 Å². The van der Waals surface area contributed by atoms with Crippen LogP contribution in [0, 0.1) is 0 Å². The number of H-pyrrole nitrogens is 1. The minimum Gasteiger partial charge on any atom is -0.376 e. The predicted octanol–water partition coefficient (Wildman–Crippen LogP) is 0.740. The Balaban J connectivity index is 1.51. The second-order valence-electron chi connectivity index (χ2n) is 4.51. The van der Waals surface area contributed by atoms with Gasteiger partial charge < -0.3 is 15.0 Å². The number of carbonyl (C=O) groups excluding carboxylic acids is 1. The normalized spacial score (nSPS) is 18.5. The van der Waals surface area contributed by atoms with Gasteiger partial charge in [0, 0.05) is 13.2 Å². The number of imidazole rings is 1. The SMILES string of the molecule is O=C(CSc1ncnc2nc[nH]c12)NC[C@@H]1CCCO1. The Morgan fingerprint density at radius 2 is 2.45 bits per heavy atom. The fourth-order valence-corrected chi connectivity index (χ4v) is 2.86. The molecular weight excluding hydrogens is 278 g/mol. The number of aromatic nitrogens is 4. The van der Waals surface area contributed by atoms with E-state index in [9.17, 15) is 4.79 Å². The van der Waals surface area contributed by atoms with E-state index < -0.39 is 0 Å². The minimum absolute atomic E-state index is 0.0169. The number of nitrogens with one attached hydrogen (secondary N) is 2. The van der Waals surface area contributed by atoms with E-state index in [0.717, 1.165) is 30.0 Å². The molecule has 0 aliphatic carbocycles. The Morgan fingerprint density at radius 3 is 3.30 bits per heavy atom. The van der Waals surface area contributed by atoms with Crippen LogP contribution >= 0.6 is 11.8 Å². The van der Waals surface area contributed by atoms with Crippen LogP contribution in [-0.4, -0.2) is 50.9 Å². The minimum atomic E-state index is -0.0169. The molecule has 1 aliphatic rings. The van der Waals surface area contributed by atoms with Gasteiger partial charge in [-0.15, -0.1) is 0 Å². The largest absolute Gasteiger partial charge is 0.376 e. The van der Waals surface area contributed by atoms with Crippen molar-refractivity contribution in [1.29, 1.82) is 0 Å². The standard InChI is InChI=1S/C12H15N5O2S/c18-9(13-4-8-2-1-3-19-8)5-20-12-10-11(15-6-14-10)16-7-17-12/h6-8H,1-5H2,(H,13,18)(H,14,15,16,17)/t8-/m0/s1. The van der Waals surface area contributed by atoms with Gasteiger partial charge >= 0.3 is 0 Å². The maximum absolute atomic E-state index is 11.8. The Kier molecular flexibility index (Phi) is 4.12. The number of hydrogen-bond acceptors (Lipinski definition) is 6. The van der Waals surface area contributed by atoms with Crippen molar-refractivity contribution < 1.29 is 9.53 Å². The summed E-state index contributed by atoms with van der Waals surface area (Å²) in [7, 11) is 0. The molecule has 2 aromatic heterocycles. The predicted molar refractivity (Wildman–Crippen MR) is 74.4 cm³/mol. The van der Waals surface area contributed by atoms with E-state index in [4.69, 9.17) is 4.74 Å². The van der Waals surface area contributed by atoms with Gasteiger partial charge in [0.05, 0.1) is 18.2 Å². The van der Waals surface area contributed by atoms with Crippen LogP contribution < -0.4 is 5.32 Å². The molecule has 0 saturated carbocycles. The van der Waals surface area contributed by atoms with Gasteiger partial charge in [0.1, 0.15) is 16.9 Å². The summed E-state index contributed by atoms with van der Waals surface area (Å²) in [5, 5.41) is 3.62. The number of aromatic amines is 1. The molecule has 2 N–H and O–H groups in total. The third kappa shape index (κ3) is 3.07. The van der Waals surface area contributed by atoms with Gasteiger partial charge in [-0.25, -0.2) is 15.0 Å². The van der Waals surface area contributed by atoms with Crippen molar-refractivity contribution in [2.24, 2.45) is 0 Å².